The van der Waals surface area contributed by atoms with Gasteiger partial charge in [-0.1, -0.05) is 31.2 Å². The molecule has 0 radical (unpaired) electrons. The average Bonchev–Trinajstić information content (AvgIpc) is 2.27. The van der Waals surface area contributed by atoms with Crippen LogP contribution in [0, 0.1) is 11.8 Å². The van der Waals surface area contributed by atoms with Crippen LogP contribution in [0.4, 0.5) is 0 Å². The molecule has 2 atom stereocenters. The fourth-order valence-corrected chi connectivity index (χ4v) is 2.35. The minimum absolute atomic E-state index is 0.224. The van der Waals surface area contributed by atoms with E-state index < -0.39 is 5.97 Å². The Kier molecular flexibility index (Phi) is 2.76. The third-order valence-electron chi connectivity index (χ3n) is 3.48. The predicted octanol–water partition coefficient (Wildman–Crippen LogP) is 2.51. The molecule has 0 amide bonds. The SMILES string of the molecule is CC(C(=O)O)C1CCc2ccccc2C1. The van der Waals surface area contributed by atoms with Crippen molar-refractivity contribution in [3.63, 3.8) is 0 Å². The number of carboxylic acid groups (broad SMARTS) is 1. The van der Waals surface area contributed by atoms with E-state index in [2.05, 4.69) is 18.2 Å². The van der Waals surface area contributed by atoms with Crippen molar-refractivity contribution in [2.45, 2.75) is 26.2 Å². The van der Waals surface area contributed by atoms with Crippen molar-refractivity contribution in [3.8, 4) is 0 Å². The first kappa shape index (κ1) is 10.2. The Hall–Kier alpha value is -1.31. The van der Waals surface area contributed by atoms with Crippen LogP contribution in [-0.4, -0.2) is 11.1 Å². The number of carbonyl (C=O) groups is 1. The van der Waals surface area contributed by atoms with Gasteiger partial charge in [0.25, 0.3) is 0 Å². The lowest BCUT2D eigenvalue weighted by molar-refractivity contribution is -0.143. The molecule has 0 saturated carbocycles. The highest BCUT2D eigenvalue weighted by atomic mass is 16.4. The van der Waals surface area contributed by atoms with E-state index in [9.17, 15) is 4.79 Å². The smallest absolute Gasteiger partial charge is 0.306 e. The summed E-state index contributed by atoms with van der Waals surface area (Å²) in [4.78, 5) is 10.9. The molecule has 1 aliphatic carbocycles. The van der Waals surface area contributed by atoms with E-state index in [1.54, 1.807) is 0 Å². The largest absolute Gasteiger partial charge is 0.481 e. The lowest BCUT2D eigenvalue weighted by atomic mass is 9.78. The van der Waals surface area contributed by atoms with Crippen LogP contribution in [0.2, 0.25) is 0 Å². The summed E-state index contributed by atoms with van der Waals surface area (Å²) >= 11 is 0. The van der Waals surface area contributed by atoms with E-state index in [-0.39, 0.29) is 5.92 Å². The standard InChI is InChI=1S/C13H16O2/c1-9(13(14)15)11-7-6-10-4-2-3-5-12(10)8-11/h2-5,9,11H,6-8H2,1H3,(H,14,15). The van der Waals surface area contributed by atoms with Crippen LogP contribution >= 0.6 is 0 Å². The second kappa shape index (κ2) is 4.05. The molecule has 80 valence electrons. The van der Waals surface area contributed by atoms with E-state index in [1.165, 1.54) is 11.1 Å². The van der Waals surface area contributed by atoms with E-state index in [0.29, 0.717) is 5.92 Å². The normalized spacial score (nSPS) is 21.8. The third-order valence-corrected chi connectivity index (χ3v) is 3.48. The molecule has 2 rings (SSSR count). The quantitative estimate of drug-likeness (QED) is 0.803. The van der Waals surface area contributed by atoms with Crippen molar-refractivity contribution in [3.05, 3.63) is 35.4 Å². The number of hydrogen-bond donors (Lipinski definition) is 1. The van der Waals surface area contributed by atoms with Gasteiger partial charge in [0.2, 0.25) is 0 Å². The van der Waals surface area contributed by atoms with E-state index in [0.717, 1.165) is 19.3 Å². The lowest BCUT2D eigenvalue weighted by Gasteiger charge is -2.27. The fourth-order valence-electron chi connectivity index (χ4n) is 2.35. The molecule has 1 aliphatic rings. The molecule has 0 saturated heterocycles. The lowest BCUT2D eigenvalue weighted by Crippen LogP contribution is -2.26. The summed E-state index contributed by atoms with van der Waals surface area (Å²) in [6, 6.07) is 8.36. The molecule has 2 unspecified atom stereocenters. The van der Waals surface area contributed by atoms with Gasteiger partial charge in [-0.25, -0.2) is 0 Å². The maximum Gasteiger partial charge on any atom is 0.306 e. The van der Waals surface area contributed by atoms with Gasteiger partial charge in [0.05, 0.1) is 5.92 Å². The Morgan fingerprint density at radius 1 is 1.40 bits per heavy atom. The first-order valence-electron chi connectivity index (χ1n) is 5.48. The van der Waals surface area contributed by atoms with Gasteiger partial charge >= 0.3 is 5.97 Å². The fraction of sp³-hybridized carbons (Fsp3) is 0.462. The second-order valence-electron chi connectivity index (χ2n) is 4.40. The van der Waals surface area contributed by atoms with Gasteiger partial charge in [-0.05, 0) is 36.3 Å². The summed E-state index contributed by atoms with van der Waals surface area (Å²) in [6.45, 7) is 1.82. The number of fused-ring (bicyclic) bond motifs is 1. The van der Waals surface area contributed by atoms with Crippen molar-refractivity contribution >= 4 is 5.97 Å². The number of carboxylic acids is 1. The molecular formula is C13H16O2. The summed E-state index contributed by atoms with van der Waals surface area (Å²) in [7, 11) is 0. The maximum atomic E-state index is 10.9. The summed E-state index contributed by atoms with van der Waals surface area (Å²) in [5.41, 5.74) is 2.73. The van der Waals surface area contributed by atoms with Crippen molar-refractivity contribution in [1.82, 2.24) is 0 Å². The highest BCUT2D eigenvalue weighted by Gasteiger charge is 2.27. The third kappa shape index (κ3) is 2.04. The predicted molar refractivity (Wildman–Crippen MR) is 58.8 cm³/mol. The highest BCUT2D eigenvalue weighted by molar-refractivity contribution is 5.70. The summed E-state index contributed by atoms with van der Waals surface area (Å²) in [5, 5.41) is 8.98. The Morgan fingerprint density at radius 3 is 2.73 bits per heavy atom. The number of hydrogen-bond acceptors (Lipinski definition) is 1. The molecule has 2 heteroatoms. The molecule has 1 N–H and O–H groups in total. The minimum Gasteiger partial charge on any atom is -0.481 e. The average molecular weight is 204 g/mol. The summed E-state index contributed by atoms with van der Waals surface area (Å²) in [6.07, 6.45) is 2.95. The molecule has 0 bridgehead atoms. The first-order chi connectivity index (χ1) is 7.18. The van der Waals surface area contributed by atoms with E-state index >= 15 is 0 Å². The molecule has 0 heterocycles. The van der Waals surface area contributed by atoms with Gasteiger partial charge in [0.15, 0.2) is 0 Å². The Balaban J connectivity index is 2.15. The summed E-state index contributed by atoms with van der Waals surface area (Å²) in [5.74, 6) is -0.588. The van der Waals surface area contributed by atoms with Gasteiger partial charge in [-0.3, -0.25) is 4.79 Å². The van der Waals surface area contributed by atoms with Crippen LogP contribution in [0.1, 0.15) is 24.5 Å². The van der Waals surface area contributed by atoms with Gasteiger partial charge < -0.3 is 5.11 Å². The first-order valence-corrected chi connectivity index (χ1v) is 5.48. The molecule has 1 aromatic rings. The minimum atomic E-state index is -0.667. The number of aliphatic carboxylic acids is 1. The highest BCUT2D eigenvalue weighted by Crippen LogP contribution is 2.30. The van der Waals surface area contributed by atoms with Crippen molar-refractivity contribution in [2.75, 3.05) is 0 Å². The number of rotatable bonds is 2. The molecule has 0 aromatic heterocycles. The van der Waals surface area contributed by atoms with Gasteiger partial charge in [0.1, 0.15) is 0 Å². The van der Waals surface area contributed by atoms with Gasteiger partial charge in [-0.2, -0.15) is 0 Å². The number of aryl methyl sites for hydroxylation is 1. The van der Waals surface area contributed by atoms with Crippen LogP contribution in [0.3, 0.4) is 0 Å². The second-order valence-corrected chi connectivity index (χ2v) is 4.40. The molecule has 2 nitrogen and oxygen atoms in total. The van der Waals surface area contributed by atoms with Crippen LogP contribution < -0.4 is 0 Å². The molecule has 0 spiro atoms. The zero-order valence-corrected chi connectivity index (χ0v) is 8.94. The van der Waals surface area contributed by atoms with Crippen LogP contribution in [0.5, 0.6) is 0 Å². The number of benzene rings is 1. The molecule has 0 fully saturated rings. The Labute approximate surface area is 89.9 Å². The van der Waals surface area contributed by atoms with Crippen molar-refractivity contribution in [1.29, 1.82) is 0 Å². The van der Waals surface area contributed by atoms with Crippen molar-refractivity contribution < 1.29 is 9.90 Å². The monoisotopic (exact) mass is 204 g/mol. The Morgan fingerprint density at radius 2 is 2.07 bits per heavy atom. The van der Waals surface area contributed by atoms with Gasteiger partial charge in [-0.15, -0.1) is 0 Å². The van der Waals surface area contributed by atoms with E-state index in [4.69, 9.17) is 5.11 Å². The maximum absolute atomic E-state index is 10.9. The zero-order chi connectivity index (χ0) is 10.8. The topological polar surface area (TPSA) is 37.3 Å². The van der Waals surface area contributed by atoms with Crippen LogP contribution in [0.25, 0.3) is 0 Å². The molecular weight excluding hydrogens is 188 g/mol. The molecule has 1 aromatic carbocycles. The van der Waals surface area contributed by atoms with Crippen LogP contribution in [0.15, 0.2) is 24.3 Å². The summed E-state index contributed by atoms with van der Waals surface area (Å²) < 4.78 is 0. The van der Waals surface area contributed by atoms with Crippen molar-refractivity contribution in [2.24, 2.45) is 11.8 Å². The van der Waals surface area contributed by atoms with Crippen LogP contribution in [-0.2, 0) is 17.6 Å². The molecule has 15 heavy (non-hydrogen) atoms. The van der Waals surface area contributed by atoms with E-state index in [1.807, 2.05) is 13.0 Å². The molecule has 0 aliphatic heterocycles. The Bertz CT molecular complexity index is 371. The zero-order valence-electron chi connectivity index (χ0n) is 8.94. The van der Waals surface area contributed by atoms with Gasteiger partial charge in [0, 0.05) is 0 Å².